The van der Waals surface area contributed by atoms with E-state index in [1.54, 1.807) is 6.92 Å². The lowest BCUT2D eigenvalue weighted by atomic mass is 9.46. The molecule has 4 heteroatoms. The standard InChI is InChI=1S/C13H18F2O2/c1-4-17-11(16)6-10-9-5-8(12(9,2)3)7-13(10,14)15/h6,8-9H,4-5,7H2,1-3H3/t8-,9-/m1/s1. The van der Waals surface area contributed by atoms with E-state index in [0.717, 1.165) is 12.5 Å². The van der Waals surface area contributed by atoms with Gasteiger partial charge < -0.3 is 4.74 Å². The molecule has 3 rings (SSSR count). The molecular weight excluding hydrogens is 226 g/mol. The van der Waals surface area contributed by atoms with Gasteiger partial charge in [0.1, 0.15) is 0 Å². The second kappa shape index (κ2) is 3.79. The number of rotatable bonds is 2. The summed E-state index contributed by atoms with van der Waals surface area (Å²) >= 11 is 0. The topological polar surface area (TPSA) is 26.3 Å². The fraction of sp³-hybridized carbons (Fsp3) is 0.769. The molecule has 0 aromatic carbocycles. The first-order valence-corrected chi connectivity index (χ1v) is 6.05. The van der Waals surface area contributed by atoms with Gasteiger partial charge in [0, 0.05) is 18.1 Å². The third-order valence-electron chi connectivity index (χ3n) is 4.33. The first-order valence-electron chi connectivity index (χ1n) is 6.05. The van der Waals surface area contributed by atoms with Crippen LogP contribution in [0.4, 0.5) is 8.78 Å². The van der Waals surface area contributed by atoms with Gasteiger partial charge in [-0.1, -0.05) is 13.8 Å². The Morgan fingerprint density at radius 1 is 1.53 bits per heavy atom. The second-order valence-electron chi connectivity index (χ2n) is 5.57. The van der Waals surface area contributed by atoms with Crippen LogP contribution in [-0.4, -0.2) is 18.5 Å². The largest absolute Gasteiger partial charge is 0.463 e. The van der Waals surface area contributed by atoms with Crippen molar-refractivity contribution in [2.75, 3.05) is 6.61 Å². The Bertz CT molecular complexity index is 372. The van der Waals surface area contributed by atoms with Crippen LogP contribution in [0.15, 0.2) is 11.6 Å². The van der Waals surface area contributed by atoms with E-state index in [2.05, 4.69) is 0 Å². The van der Waals surface area contributed by atoms with Crippen LogP contribution < -0.4 is 0 Å². The van der Waals surface area contributed by atoms with Gasteiger partial charge in [-0.2, -0.15) is 0 Å². The number of carbonyl (C=O) groups is 1. The SMILES string of the molecule is CCOC(=O)C=C1[C@H]2C[C@H](CC1(F)F)C2(C)C. The molecule has 0 amide bonds. The number of fused-ring (bicyclic) bond motifs is 2. The highest BCUT2D eigenvalue weighted by Crippen LogP contribution is 2.65. The quantitative estimate of drug-likeness (QED) is 0.551. The predicted molar refractivity (Wildman–Crippen MR) is 59.7 cm³/mol. The number of allylic oxidation sites excluding steroid dienone is 1. The zero-order valence-electron chi connectivity index (χ0n) is 10.4. The minimum atomic E-state index is -2.84. The first kappa shape index (κ1) is 12.5. The number of hydrogen-bond donors (Lipinski definition) is 0. The van der Waals surface area contributed by atoms with E-state index in [-0.39, 0.29) is 35.9 Å². The molecule has 0 heterocycles. The summed E-state index contributed by atoms with van der Waals surface area (Å²) in [6.45, 7) is 5.88. The highest BCUT2D eigenvalue weighted by atomic mass is 19.3. The summed E-state index contributed by atoms with van der Waals surface area (Å²) in [4.78, 5) is 11.3. The lowest BCUT2D eigenvalue weighted by molar-refractivity contribution is -0.143. The van der Waals surface area contributed by atoms with Gasteiger partial charge in [-0.15, -0.1) is 0 Å². The van der Waals surface area contributed by atoms with Crippen LogP contribution in [-0.2, 0) is 9.53 Å². The van der Waals surface area contributed by atoms with Crippen molar-refractivity contribution in [2.24, 2.45) is 17.3 Å². The molecule has 3 fully saturated rings. The van der Waals surface area contributed by atoms with Crippen molar-refractivity contribution in [1.29, 1.82) is 0 Å². The Labute approximate surface area is 100 Å². The summed E-state index contributed by atoms with van der Waals surface area (Å²) in [5.74, 6) is -3.60. The van der Waals surface area contributed by atoms with Crippen LogP contribution in [0.2, 0.25) is 0 Å². The molecule has 17 heavy (non-hydrogen) atoms. The van der Waals surface area contributed by atoms with Crippen molar-refractivity contribution in [3.63, 3.8) is 0 Å². The summed E-state index contributed by atoms with van der Waals surface area (Å²) in [7, 11) is 0. The van der Waals surface area contributed by atoms with Crippen molar-refractivity contribution in [1.82, 2.24) is 0 Å². The lowest BCUT2D eigenvalue weighted by Crippen LogP contribution is -2.56. The summed E-state index contributed by atoms with van der Waals surface area (Å²) < 4.78 is 32.4. The van der Waals surface area contributed by atoms with Crippen LogP contribution in [0, 0.1) is 17.3 Å². The van der Waals surface area contributed by atoms with Crippen LogP contribution in [0.1, 0.15) is 33.6 Å². The zero-order valence-corrected chi connectivity index (χ0v) is 10.4. The molecule has 2 atom stereocenters. The van der Waals surface area contributed by atoms with E-state index in [9.17, 15) is 13.6 Å². The Kier molecular flexibility index (Phi) is 2.79. The first-order chi connectivity index (χ1) is 7.79. The highest BCUT2D eigenvalue weighted by Gasteiger charge is 2.62. The Morgan fingerprint density at radius 3 is 2.71 bits per heavy atom. The average molecular weight is 244 g/mol. The molecule has 0 unspecified atom stereocenters. The number of alkyl halides is 2. The normalized spacial score (nSPS) is 35.2. The van der Waals surface area contributed by atoms with Gasteiger partial charge in [0.2, 0.25) is 0 Å². The molecule has 0 spiro atoms. The van der Waals surface area contributed by atoms with E-state index in [0.29, 0.717) is 0 Å². The summed E-state index contributed by atoms with van der Waals surface area (Å²) in [5, 5.41) is 0. The third kappa shape index (κ3) is 1.87. The minimum Gasteiger partial charge on any atom is -0.463 e. The zero-order chi connectivity index (χ0) is 12.8. The van der Waals surface area contributed by atoms with Crippen molar-refractivity contribution < 1.29 is 18.3 Å². The van der Waals surface area contributed by atoms with Gasteiger partial charge in [-0.3, -0.25) is 0 Å². The van der Waals surface area contributed by atoms with Gasteiger partial charge in [0.05, 0.1) is 6.61 Å². The molecular formula is C13H18F2O2. The number of carbonyl (C=O) groups excluding carboxylic acids is 1. The molecule has 0 aliphatic heterocycles. The molecule has 0 aromatic heterocycles. The molecule has 2 bridgehead atoms. The fourth-order valence-corrected chi connectivity index (χ4v) is 3.09. The monoisotopic (exact) mass is 244 g/mol. The van der Waals surface area contributed by atoms with Gasteiger partial charge >= 0.3 is 5.97 Å². The molecule has 96 valence electrons. The van der Waals surface area contributed by atoms with Gasteiger partial charge in [0.15, 0.2) is 0 Å². The minimum absolute atomic E-state index is 0.0246. The number of ether oxygens (including phenoxy) is 1. The van der Waals surface area contributed by atoms with E-state index < -0.39 is 11.9 Å². The Balaban J connectivity index is 2.26. The lowest BCUT2D eigenvalue weighted by Gasteiger charge is -2.59. The molecule has 0 aromatic rings. The van der Waals surface area contributed by atoms with Crippen LogP contribution in [0.5, 0.6) is 0 Å². The highest BCUT2D eigenvalue weighted by molar-refractivity contribution is 5.83. The fourth-order valence-electron chi connectivity index (χ4n) is 3.09. The molecule has 3 saturated carbocycles. The van der Waals surface area contributed by atoms with Crippen molar-refractivity contribution >= 4 is 5.97 Å². The van der Waals surface area contributed by atoms with Gasteiger partial charge in [-0.25, -0.2) is 13.6 Å². The van der Waals surface area contributed by atoms with Crippen LogP contribution in [0.25, 0.3) is 0 Å². The Morgan fingerprint density at radius 2 is 2.18 bits per heavy atom. The maximum absolute atomic E-state index is 13.8. The van der Waals surface area contributed by atoms with Gasteiger partial charge in [0.25, 0.3) is 5.92 Å². The molecule has 0 N–H and O–H groups in total. The van der Waals surface area contributed by atoms with E-state index in [1.807, 2.05) is 13.8 Å². The predicted octanol–water partition coefficient (Wildman–Crippen LogP) is 3.18. The van der Waals surface area contributed by atoms with E-state index >= 15 is 0 Å². The molecule has 3 aliphatic rings. The van der Waals surface area contributed by atoms with Gasteiger partial charge in [-0.05, 0) is 30.6 Å². The molecule has 3 aliphatic carbocycles. The van der Waals surface area contributed by atoms with Crippen LogP contribution in [0.3, 0.4) is 0 Å². The van der Waals surface area contributed by atoms with E-state index in [4.69, 9.17) is 4.74 Å². The molecule has 0 radical (unpaired) electrons. The second-order valence-corrected chi connectivity index (χ2v) is 5.57. The summed E-state index contributed by atoms with van der Waals surface area (Å²) in [6.07, 6.45) is 1.65. The average Bonchev–Trinajstić information content (AvgIpc) is 2.20. The molecule has 0 saturated heterocycles. The molecule has 2 nitrogen and oxygen atoms in total. The van der Waals surface area contributed by atoms with Crippen molar-refractivity contribution in [2.45, 2.75) is 39.5 Å². The maximum atomic E-state index is 13.8. The van der Waals surface area contributed by atoms with Crippen LogP contribution >= 0.6 is 0 Å². The maximum Gasteiger partial charge on any atom is 0.330 e. The Hall–Kier alpha value is -0.930. The number of halogens is 2. The third-order valence-corrected chi connectivity index (χ3v) is 4.33. The van der Waals surface area contributed by atoms with Crippen molar-refractivity contribution in [3.8, 4) is 0 Å². The van der Waals surface area contributed by atoms with E-state index in [1.165, 1.54) is 0 Å². The smallest absolute Gasteiger partial charge is 0.330 e. The van der Waals surface area contributed by atoms with Crippen molar-refractivity contribution in [3.05, 3.63) is 11.6 Å². The number of hydrogen-bond acceptors (Lipinski definition) is 2. The summed E-state index contributed by atoms with van der Waals surface area (Å²) in [5.41, 5.74) is -0.136. The summed E-state index contributed by atoms with van der Waals surface area (Å²) in [6, 6.07) is 0. The number of esters is 1.